The van der Waals surface area contributed by atoms with Crippen LogP contribution in [0.15, 0.2) is 18.5 Å². The minimum atomic E-state index is 0.00713. The molecule has 2 rings (SSSR count). The van der Waals surface area contributed by atoms with E-state index in [1.807, 2.05) is 4.90 Å². The maximum absolute atomic E-state index is 12.3. The zero-order chi connectivity index (χ0) is 12.3. The quantitative estimate of drug-likeness (QED) is 0.761. The summed E-state index contributed by atoms with van der Waals surface area (Å²) in [6.07, 6.45) is 4.12. The van der Waals surface area contributed by atoms with Crippen LogP contribution in [0.2, 0.25) is 5.02 Å². The molecule has 0 saturated carbocycles. The van der Waals surface area contributed by atoms with Crippen LogP contribution in [-0.2, 0) is 0 Å². The van der Waals surface area contributed by atoms with Gasteiger partial charge in [0.1, 0.15) is 0 Å². The molecule has 1 saturated heterocycles. The third-order valence-corrected chi connectivity index (χ3v) is 3.31. The number of pyridine rings is 1. The monoisotopic (exact) mass is 253 g/mol. The summed E-state index contributed by atoms with van der Waals surface area (Å²) in [6.45, 7) is 3.50. The number of carbonyl (C=O) groups excluding carboxylic acids is 1. The van der Waals surface area contributed by atoms with Gasteiger partial charge in [-0.2, -0.15) is 0 Å². The summed E-state index contributed by atoms with van der Waals surface area (Å²) in [6, 6.07) is 1.68. The molecule has 92 valence electrons. The van der Waals surface area contributed by atoms with Crippen molar-refractivity contribution >= 4 is 17.5 Å². The molecule has 0 spiro atoms. The van der Waals surface area contributed by atoms with Crippen LogP contribution >= 0.6 is 11.6 Å². The van der Waals surface area contributed by atoms with Crippen molar-refractivity contribution in [1.29, 1.82) is 0 Å². The van der Waals surface area contributed by atoms with E-state index in [1.165, 1.54) is 6.20 Å². The summed E-state index contributed by atoms with van der Waals surface area (Å²) in [4.78, 5) is 20.3. The number of hydrogen-bond acceptors (Lipinski definition) is 3. The Bertz CT molecular complexity index is 410. The predicted octanol–water partition coefficient (Wildman–Crippen LogP) is 1.51. The third-order valence-electron chi connectivity index (χ3n) is 3.01. The highest BCUT2D eigenvalue weighted by molar-refractivity contribution is 6.33. The summed E-state index contributed by atoms with van der Waals surface area (Å²) in [5.41, 5.74) is 0.547. The molecule has 1 aromatic heterocycles. The van der Waals surface area contributed by atoms with Gasteiger partial charge in [-0.3, -0.25) is 9.78 Å². The molecule has 1 fully saturated rings. The molecule has 0 unspecified atom stereocenters. The van der Waals surface area contributed by atoms with Crippen molar-refractivity contribution in [3.63, 3.8) is 0 Å². The Balaban J connectivity index is 2.12. The van der Waals surface area contributed by atoms with Crippen molar-refractivity contribution in [2.45, 2.75) is 6.42 Å². The molecule has 1 aliphatic heterocycles. The molecular weight excluding hydrogens is 238 g/mol. The van der Waals surface area contributed by atoms with Gasteiger partial charge in [0.2, 0.25) is 0 Å². The first-order valence-electron chi connectivity index (χ1n) is 5.76. The number of likely N-dealkylation sites (N-methyl/N-ethyl adjacent to an activating group) is 1. The van der Waals surface area contributed by atoms with E-state index in [0.29, 0.717) is 10.6 Å². The van der Waals surface area contributed by atoms with Crippen LogP contribution in [-0.4, -0.2) is 53.9 Å². The standard InChI is InChI=1S/C12H16ClN3O/c1-15-5-2-6-16(8-7-15)12(17)10-3-4-14-9-11(10)13/h3-4,9H,2,5-8H2,1H3. The molecule has 0 atom stereocenters. The van der Waals surface area contributed by atoms with E-state index in [9.17, 15) is 4.79 Å². The minimum Gasteiger partial charge on any atom is -0.337 e. The topological polar surface area (TPSA) is 36.4 Å². The van der Waals surface area contributed by atoms with E-state index in [2.05, 4.69) is 16.9 Å². The molecule has 4 nitrogen and oxygen atoms in total. The van der Waals surface area contributed by atoms with Crippen LogP contribution in [0.25, 0.3) is 0 Å². The van der Waals surface area contributed by atoms with Gasteiger partial charge >= 0.3 is 0 Å². The van der Waals surface area contributed by atoms with E-state index >= 15 is 0 Å². The van der Waals surface area contributed by atoms with Gasteiger partial charge in [-0.1, -0.05) is 11.6 Å². The molecule has 0 aliphatic carbocycles. The fourth-order valence-electron chi connectivity index (χ4n) is 1.97. The zero-order valence-electron chi connectivity index (χ0n) is 9.90. The highest BCUT2D eigenvalue weighted by Gasteiger charge is 2.20. The molecule has 17 heavy (non-hydrogen) atoms. The van der Waals surface area contributed by atoms with Crippen LogP contribution in [0.4, 0.5) is 0 Å². The predicted molar refractivity (Wildman–Crippen MR) is 67.3 cm³/mol. The number of aromatic nitrogens is 1. The molecule has 0 aromatic carbocycles. The van der Waals surface area contributed by atoms with Gasteiger partial charge in [-0.05, 0) is 26.1 Å². The molecular formula is C12H16ClN3O. The van der Waals surface area contributed by atoms with Gasteiger partial charge in [0.25, 0.3) is 5.91 Å². The van der Waals surface area contributed by atoms with Crippen LogP contribution in [0.5, 0.6) is 0 Å². The first kappa shape index (κ1) is 12.3. The molecule has 2 heterocycles. The number of carbonyl (C=O) groups is 1. The van der Waals surface area contributed by atoms with Gasteiger partial charge in [0.15, 0.2) is 0 Å². The minimum absolute atomic E-state index is 0.00713. The maximum atomic E-state index is 12.3. The van der Waals surface area contributed by atoms with Crippen molar-refractivity contribution in [3.05, 3.63) is 29.0 Å². The molecule has 5 heteroatoms. The lowest BCUT2D eigenvalue weighted by Crippen LogP contribution is -2.34. The van der Waals surface area contributed by atoms with Gasteiger partial charge < -0.3 is 9.80 Å². The van der Waals surface area contributed by atoms with Crippen molar-refractivity contribution < 1.29 is 4.79 Å². The average molecular weight is 254 g/mol. The molecule has 0 bridgehead atoms. The Morgan fingerprint density at radius 3 is 2.94 bits per heavy atom. The van der Waals surface area contributed by atoms with Crippen LogP contribution in [0, 0.1) is 0 Å². The molecule has 1 aromatic rings. The lowest BCUT2D eigenvalue weighted by atomic mass is 10.2. The molecule has 1 amide bonds. The summed E-state index contributed by atoms with van der Waals surface area (Å²) in [7, 11) is 2.08. The Kier molecular flexibility index (Phi) is 3.97. The smallest absolute Gasteiger partial charge is 0.255 e. The van der Waals surface area contributed by atoms with Gasteiger partial charge in [-0.15, -0.1) is 0 Å². The fourth-order valence-corrected chi connectivity index (χ4v) is 2.17. The Hall–Kier alpha value is -1.13. The fraction of sp³-hybridized carbons (Fsp3) is 0.500. The van der Waals surface area contributed by atoms with E-state index in [-0.39, 0.29) is 5.91 Å². The van der Waals surface area contributed by atoms with Crippen LogP contribution in [0.3, 0.4) is 0 Å². The number of hydrogen-bond donors (Lipinski definition) is 0. The number of halogens is 1. The second-order valence-electron chi connectivity index (χ2n) is 4.30. The van der Waals surface area contributed by atoms with E-state index in [0.717, 1.165) is 32.6 Å². The Labute approximate surface area is 106 Å². The van der Waals surface area contributed by atoms with Crippen molar-refractivity contribution in [2.75, 3.05) is 33.2 Å². The number of amides is 1. The Morgan fingerprint density at radius 1 is 1.35 bits per heavy atom. The van der Waals surface area contributed by atoms with Crippen LogP contribution < -0.4 is 0 Å². The van der Waals surface area contributed by atoms with Gasteiger partial charge in [-0.25, -0.2) is 0 Å². The van der Waals surface area contributed by atoms with Gasteiger partial charge in [0, 0.05) is 32.0 Å². The zero-order valence-corrected chi connectivity index (χ0v) is 10.7. The highest BCUT2D eigenvalue weighted by atomic mass is 35.5. The van der Waals surface area contributed by atoms with E-state index in [1.54, 1.807) is 12.3 Å². The van der Waals surface area contributed by atoms with Gasteiger partial charge in [0.05, 0.1) is 10.6 Å². The highest BCUT2D eigenvalue weighted by Crippen LogP contribution is 2.16. The van der Waals surface area contributed by atoms with Crippen LogP contribution in [0.1, 0.15) is 16.8 Å². The van der Waals surface area contributed by atoms with E-state index in [4.69, 9.17) is 11.6 Å². The number of rotatable bonds is 1. The third kappa shape index (κ3) is 2.96. The summed E-state index contributed by atoms with van der Waals surface area (Å²) >= 11 is 5.99. The molecule has 0 N–H and O–H groups in total. The SMILES string of the molecule is CN1CCCN(C(=O)c2ccncc2Cl)CC1. The lowest BCUT2D eigenvalue weighted by Gasteiger charge is -2.20. The maximum Gasteiger partial charge on any atom is 0.255 e. The average Bonchev–Trinajstić information content (AvgIpc) is 2.54. The normalized spacial score (nSPS) is 17.9. The van der Waals surface area contributed by atoms with Crippen molar-refractivity contribution in [1.82, 2.24) is 14.8 Å². The lowest BCUT2D eigenvalue weighted by molar-refractivity contribution is 0.0763. The molecule has 1 aliphatic rings. The number of nitrogens with zero attached hydrogens (tertiary/aromatic N) is 3. The van der Waals surface area contributed by atoms with Crippen molar-refractivity contribution in [3.8, 4) is 0 Å². The Morgan fingerprint density at radius 2 is 2.18 bits per heavy atom. The second-order valence-corrected chi connectivity index (χ2v) is 4.71. The van der Waals surface area contributed by atoms with E-state index < -0.39 is 0 Å². The first-order valence-corrected chi connectivity index (χ1v) is 6.13. The van der Waals surface area contributed by atoms with Crippen molar-refractivity contribution in [2.24, 2.45) is 0 Å². The largest absolute Gasteiger partial charge is 0.337 e. The summed E-state index contributed by atoms with van der Waals surface area (Å²) in [5, 5.41) is 0.426. The first-order chi connectivity index (χ1) is 8.18. The summed E-state index contributed by atoms with van der Waals surface area (Å²) in [5.74, 6) is 0.00713. The summed E-state index contributed by atoms with van der Waals surface area (Å²) < 4.78 is 0. The second kappa shape index (κ2) is 5.47. The molecule has 0 radical (unpaired) electrons.